The summed E-state index contributed by atoms with van der Waals surface area (Å²) in [4.78, 5) is 4.85. The molecule has 2 rings (SSSR count). The molecule has 2 N–H and O–H groups in total. The van der Waals surface area contributed by atoms with Crippen LogP contribution in [0.2, 0.25) is 0 Å². The van der Waals surface area contributed by atoms with Gasteiger partial charge in [0.1, 0.15) is 0 Å². The van der Waals surface area contributed by atoms with Gasteiger partial charge in [0.25, 0.3) is 0 Å². The van der Waals surface area contributed by atoms with E-state index in [1.165, 1.54) is 30.5 Å². The molecule has 1 aliphatic rings. The minimum absolute atomic E-state index is 0.680. The van der Waals surface area contributed by atoms with Crippen LogP contribution in [0.4, 0.5) is 5.69 Å². The van der Waals surface area contributed by atoms with Gasteiger partial charge in [-0.2, -0.15) is 0 Å². The van der Waals surface area contributed by atoms with Gasteiger partial charge in [-0.05, 0) is 52.0 Å². The van der Waals surface area contributed by atoms with Crippen molar-refractivity contribution in [2.45, 2.75) is 32.4 Å². The Morgan fingerprint density at radius 3 is 2.89 bits per heavy atom. The Kier molecular flexibility index (Phi) is 4.25. The number of benzene rings is 1. The largest absolute Gasteiger partial charge is 0.398 e. The molecule has 1 unspecified atom stereocenters. The molecule has 0 aromatic heterocycles. The van der Waals surface area contributed by atoms with Crippen molar-refractivity contribution in [3.05, 3.63) is 29.3 Å². The summed E-state index contributed by atoms with van der Waals surface area (Å²) in [5, 5.41) is 0. The maximum atomic E-state index is 6.08. The lowest BCUT2D eigenvalue weighted by Crippen LogP contribution is -2.37. The maximum absolute atomic E-state index is 6.08. The zero-order valence-electron chi connectivity index (χ0n) is 11.8. The van der Waals surface area contributed by atoms with Crippen molar-refractivity contribution in [3.8, 4) is 0 Å². The van der Waals surface area contributed by atoms with Crippen LogP contribution >= 0.6 is 0 Å². The van der Waals surface area contributed by atoms with E-state index in [2.05, 4.69) is 43.0 Å². The van der Waals surface area contributed by atoms with Crippen molar-refractivity contribution < 1.29 is 0 Å². The third-order valence-corrected chi connectivity index (χ3v) is 3.75. The number of nitrogens with zero attached hydrogens (tertiary/aromatic N) is 2. The molecule has 3 heteroatoms. The molecule has 0 aliphatic carbocycles. The lowest BCUT2D eigenvalue weighted by Gasteiger charge is -2.27. The third-order valence-electron chi connectivity index (χ3n) is 3.75. The fourth-order valence-electron chi connectivity index (χ4n) is 2.82. The number of nitrogen functional groups attached to an aromatic ring is 1. The fraction of sp³-hybridized carbons (Fsp3) is 0.600. The lowest BCUT2D eigenvalue weighted by molar-refractivity contribution is 0.201. The summed E-state index contributed by atoms with van der Waals surface area (Å²) in [6.07, 6.45) is 2.62. The normalized spacial score (nSPS) is 20.8. The predicted molar refractivity (Wildman–Crippen MR) is 77.6 cm³/mol. The summed E-state index contributed by atoms with van der Waals surface area (Å²) >= 11 is 0. The first kappa shape index (κ1) is 13.4. The fourth-order valence-corrected chi connectivity index (χ4v) is 2.82. The van der Waals surface area contributed by atoms with Gasteiger partial charge < -0.3 is 10.6 Å². The van der Waals surface area contributed by atoms with Gasteiger partial charge in [-0.3, -0.25) is 4.90 Å². The highest BCUT2D eigenvalue weighted by Gasteiger charge is 2.25. The highest BCUT2D eigenvalue weighted by molar-refractivity contribution is 5.48. The molecule has 3 nitrogen and oxygen atoms in total. The molecule has 1 aliphatic heterocycles. The number of aryl methyl sites for hydroxylation is 1. The number of likely N-dealkylation sites (tertiary alicyclic amines) is 1. The first-order valence-corrected chi connectivity index (χ1v) is 6.80. The summed E-state index contributed by atoms with van der Waals surface area (Å²) in [5.41, 5.74) is 9.58. The minimum Gasteiger partial charge on any atom is -0.398 e. The van der Waals surface area contributed by atoms with E-state index in [1.54, 1.807) is 0 Å². The van der Waals surface area contributed by atoms with Crippen LogP contribution in [0.1, 0.15) is 24.0 Å². The van der Waals surface area contributed by atoms with Crippen molar-refractivity contribution >= 4 is 5.69 Å². The van der Waals surface area contributed by atoms with Crippen LogP contribution in [0.3, 0.4) is 0 Å². The first-order valence-electron chi connectivity index (χ1n) is 6.80. The molecule has 0 amide bonds. The van der Waals surface area contributed by atoms with Crippen molar-refractivity contribution in [2.24, 2.45) is 0 Å². The molecule has 0 bridgehead atoms. The zero-order chi connectivity index (χ0) is 13.1. The molecule has 1 saturated heterocycles. The quantitative estimate of drug-likeness (QED) is 0.827. The van der Waals surface area contributed by atoms with Crippen LogP contribution < -0.4 is 5.73 Å². The monoisotopic (exact) mass is 247 g/mol. The van der Waals surface area contributed by atoms with E-state index in [0.29, 0.717) is 6.04 Å². The molecule has 0 saturated carbocycles. The van der Waals surface area contributed by atoms with Gasteiger partial charge in [-0.15, -0.1) is 0 Å². The number of rotatable bonds is 4. The Morgan fingerprint density at radius 2 is 2.17 bits per heavy atom. The van der Waals surface area contributed by atoms with Crippen LogP contribution in [-0.4, -0.2) is 43.0 Å². The second-order valence-electron chi connectivity index (χ2n) is 5.73. The summed E-state index contributed by atoms with van der Waals surface area (Å²) < 4.78 is 0. The highest BCUT2D eigenvalue weighted by Crippen LogP contribution is 2.23. The van der Waals surface area contributed by atoms with Crippen molar-refractivity contribution in [2.75, 3.05) is 32.9 Å². The summed E-state index contributed by atoms with van der Waals surface area (Å²) in [5.74, 6) is 0. The van der Waals surface area contributed by atoms with Gasteiger partial charge in [0.2, 0.25) is 0 Å². The number of anilines is 1. The molecular formula is C15H25N3. The van der Waals surface area contributed by atoms with Gasteiger partial charge in [-0.25, -0.2) is 0 Å². The molecule has 1 aromatic rings. The van der Waals surface area contributed by atoms with Crippen molar-refractivity contribution in [3.63, 3.8) is 0 Å². The summed E-state index contributed by atoms with van der Waals surface area (Å²) in [7, 11) is 4.30. The number of likely N-dealkylation sites (N-methyl/N-ethyl adjacent to an activating group) is 1. The molecular weight excluding hydrogens is 222 g/mol. The van der Waals surface area contributed by atoms with Gasteiger partial charge in [0, 0.05) is 24.8 Å². The Bertz CT molecular complexity index is 401. The minimum atomic E-state index is 0.680. The molecule has 18 heavy (non-hydrogen) atoms. The second-order valence-corrected chi connectivity index (χ2v) is 5.73. The maximum Gasteiger partial charge on any atom is 0.0359 e. The summed E-state index contributed by atoms with van der Waals surface area (Å²) in [6.45, 7) is 5.47. The van der Waals surface area contributed by atoms with Gasteiger partial charge >= 0.3 is 0 Å². The Hall–Kier alpha value is -1.06. The van der Waals surface area contributed by atoms with Gasteiger partial charge in [0.15, 0.2) is 0 Å². The molecule has 1 atom stereocenters. The third kappa shape index (κ3) is 3.24. The molecule has 100 valence electrons. The molecule has 1 aromatic carbocycles. The van der Waals surface area contributed by atoms with Gasteiger partial charge in [-0.1, -0.05) is 17.7 Å². The average molecular weight is 247 g/mol. The molecule has 0 spiro atoms. The predicted octanol–water partition coefficient (Wildman–Crippen LogP) is 2.10. The smallest absolute Gasteiger partial charge is 0.0359 e. The van der Waals surface area contributed by atoms with E-state index >= 15 is 0 Å². The van der Waals surface area contributed by atoms with Crippen LogP contribution in [0.5, 0.6) is 0 Å². The Balaban J connectivity index is 2.05. The first-order chi connectivity index (χ1) is 8.56. The molecule has 1 heterocycles. The lowest BCUT2D eigenvalue weighted by atomic mass is 10.1. The number of nitrogens with two attached hydrogens (primary N) is 1. The Labute approximate surface area is 111 Å². The highest BCUT2D eigenvalue weighted by atomic mass is 15.2. The average Bonchev–Trinajstić information content (AvgIpc) is 2.70. The van der Waals surface area contributed by atoms with Crippen LogP contribution in [0, 0.1) is 6.92 Å². The topological polar surface area (TPSA) is 32.5 Å². The van der Waals surface area contributed by atoms with E-state index in [-0.39, 0.29) is 0 Å². The molecule has 1 fully saturated rings. The second kappa shape index (κ2) is 5.72. The summed E-state index contributed by atoms with van der Waals surface area (Å²) in [6, 6.07) is 7.02. The van der Waals surface area contributed by atoms with Crippen LogP contribution in [-0.2, 0) is 6.54 Å². The number of hydrogen-bond donors (Lipinski definition) is 1. The van der Waals surface area contributed by atoms with Gasteiger partial charge in [0.05, 0.1) is 0 Å². The number of hydrogen-bond acceptors (Lipinski definition) is 3. The van der Waals surface area contributed by atoms with E-state index in [9.17, 15) is 0 Å². The van der Waals surface area contributed by atoms with Crippen LogP contribution in [0.25, 0.3) is 0 Å². The molecule has 0 radical (unpaired) electrons. The standard InChI is InChI=1S/C15H25N3/c1-12-6-7-15(16)13(9-12)10-18-8-4-5-14(18)11-17(2)3/h6-7,9,14H,4-5,8,10-11,16H2,1-3H3. The van der Waals surface area contributed by atoms with E-state index in [0.717, 1.165) is 18.8 Å². The van der Waals surface area contributed by atoms with Crippen molar-refractivity contribution in [1.29, 1.82) is 0 Å². The van der Waals surface area contributed by atoms with E-state index in [4.69, 9.17) is 5.73 Å². The zero-order valence-corrected chi connectivity index (χ0v) is 11.8. The van der Waals surface area contributed by atoms with Crippen LogP contribution in [0.15, 0.2) is 18.2 Å². The van der Waals surface area contributed by atoms with E-state index < -0.39 is 0 Å². The SMILES string of the molecule is Cc1ccc(N)c(CN2CCCC2CN(C)C)c1. The van der Waals surface area contributed by atoms with E-state index in [1.807, 2.05) is 6.07 Å². The van der Waals surface area contributed by atoms with Crippen molar-refractivity contribution in [1.82, 2.24) is 9.80 Å². The Morgan fingerprint density at radius 1 is 1.39 bits per heavy atom.